The minimum Gasteiger partial charge on any atom is -0.491 e. The van der Waals surface area contributed by atoms with Gasteiger partial charge in [0.2, 0.25) is 0 Å². The van der Waals surface area contributed by atoms with Gasteiger partial charge in [-0.15, -0.1) is 11.3 Å². The van der Waals surface area contributed by atoms with E-state index in [4.69, 9.17) is 4.74 Å². The van der Waals surface area contributed by atoms with Crippen LogP contribution in [0.25, 0.3) is 0 Å². The van der Waals surface area contributed by atoms with Crippen molar-refractivity contribution in [3.63, 3.8) is 0 Å². The van der Waals surface area contributed by atoms with Crippen LogP contribution in [0.5, 0.6) is 5.75 Å². The second-order valence-electron chi connectivity index (χ2n) is 5.11. The molecule has 0 atom stereocenters. The molecule has 4 nitrogen and oxygen atoms in total. The summed E-state index contributed by atoms with van der Waals surface area (Å²) in [6.07, 6.45) is 3.13. The second kappa shape index (κ2) is 9.43. The number of nitrogens with zero attached hydrogens (tertiary/aromatic N) is 1. The molecule has 0 saturated carbocycles. The summed E-state index contributed by atoms with van der Waals surface area (Å²) in [5.74, 6) is 0.880. The lowest BCUT2D eigenvalue weighted by atomic mass is 10.3. The highest BCUT2D eigenvalue weighted by atomic mass is 32.1. The predicted octanol–water partition coefficient (Wildman–Crippen LogP) is 4.22. The molecule has 0 radical (unpaired) electrons. The lowest BCUT2D eigenvalue weighted by molar-refractivity contribution is 0.319. The van der Waals surface area contributed by atoms with Crippen molar-refractivity contribution in [2.24, 2.45) is 0 Å². The number of thiazole rings is 1. The van der Waals surface area contributed by atoms with E-state index in [-0.39, 0.29) is 0 Å². The van der Waals surface area contributed by atoms with E-state index in [1.165, 1.54) is 6.42 Å². The molecule has 1 aromatic heterocycles. The summed E-state index contributed by atoms with van der Waals surface area (Å²) in [7, 11) is 0. The van der Waals surface area contributed by atoms with Crippen LogP contribution in [0.3, 0.4) is 0 Å². The van der Waals surface area contributed by atoms with Crippen molar-refractivity contribution >= 4 is 22.2 Å². The van der Waals surface area contributed by atoms with Crippen LogP contribution in [0.4, 0.5) is 10.8 Å². The van der Waals surface area contributed by atoms with Gasteiger partial charge in [-0.2, -0.15) is 0 Å². The van der Waals surface area contributed by atoms with Crippen LogP contribution in [-0.2, 0) is 6.42 Å². The molecule has 0 aliphatic carbocycles. The number of para-hydroxylation sites is 2. The Hall–Kier alpha value is -1.59. The number of rotatable bonds is 10. The Bertz CT molecular complexity index is 556. The highest BCUT2D eigenvalue weighted by molar-refractivity contribution is 7.13. The van der Waals surface area contributed by atoms with E-state index in [1.54, 1.807) is 11.3 Å². The third kappa shape index (κ3) is 5.31. The van der Waals surface area contributed by atoms with Gasteiger partial charge in [-0.25, -0.2) is 4.98 Å². The highest BCUT2D eigenvalue weighted by Gasteiger charge is 2.06. The van der Waals surface area contributed by atoms with Crippen LogP contribution < -0.4 is 15.4 Å². The summed E-state index contributed by atoms with van der Waals surface area (Å²) in [6, 6.07) is 8.00. The summed E-state index contributed by atoms with van der Waals surface area (Å²) in [5, 5.41) is 9.80. The van der Waals surface area contributed by atoms with Crippen molar-refractivity contribution < 1.29 is 4.74 Å². The van der Waals surface area contributed by atoms with Gasteiger partial charge in [0.25, 0.3) is 0 Å². The maximum Gasteiger partial charge on any atom is 0.187 e. The van der Waals surface area contributed by atoms with Crippen LogP contribution in [0.15, 0.2) is 29.6 Å². The average molecular weight is 319 g/mol. The Balaban J connectivity index is 1.92. The smallest absolute Gasteiger partial charge is 0.187 e. The zero-order valence-electron chi connectivity index (χ0n) is 13.4. The number of nitrogens with one attached hydrogen (secondary N) is 2. The van der Waals surface area contributed by atoms with Crippen LogP contribution >= 0.6 is 11.3 Å². The zero-order valence-corrected chi connectivity index (χ0v) is 14.2. The van der Waals surface area contributed by atoms with Gasteiger partial charge < -0.3 is 15.4 Å². The monoisotopic (exact) mass is 319 g/mol. The third-order valence-corrected chi connectivity index (χ3v) is 3.93. The molecule has 120 valence electrons. The van der Waals surface area contributed by atoms with E-state index < -0.39 is 0 Å². The Morgan fingerprint density at radius 1 is 1.14 bits per heavy atom. The van der Waals surface area contributed by atoms with Crippen LogP contribution in [0.1, 0.15) is 32.4 Å². The van der Waals surface area contributed by atoms with Gasteiger partial charge in [-0.05, 0) is 31.5 Å². The fourth-order valence-electron chi connectivity index (χ4n) is 2.02. The SMILES string of the molecule is CCCNCCc1csc(Nc2ccccc2OCCC)n1. The molecule has 0 aliphatic rings. The fourth-order valence-corrected chi connectivity index (χ4v) is 2.78. The first-order valence-corrected chi connectivity index (χ1v) is 8.85. The van der Waals surface area contributed by atoms with Gasteiger partial charge in [-0.1, -0.05) is 26.0 Å². The van der Waals surface area contributed by atoms with Crippen LogP contribution in [0, 0.1) is 0 Å². The number of hydrogen-bond acceptors (Lipinski definition) is 5. The summed E-state index contributed by atoms with van der Waals surface area (Å²) >= 11 is 1.64. The van der Waals surface area contributed by atoms with Gasteiger partial charge in [-0.3, -0.25) is 0 Å². The van der Waals surface area contributed by atoms with Gasteiger partial charge in [0, 0.05) is 18.3 Å². The molecule has 2 rings (SSSR count). The molecule has 2 N–H and O–H groups in total. The first-order chi connectivity index (χ1) is 10.8. The zero-order chi connectivity index (χ0) is 15.6. The first kappa shape index (κ1) is 16.8. The largest absolute Gasteiger partial charge is 0.491 e. The molecular formula is C17H25N3OS. The van der Waals surface area contributed by atoms with E-state index in [0.29, 0.717) is 0 Å². The van der Waals surface area contributed by atoms with Gasteiger partial charge in [0.05, 0.1) is 18.0 Å². The normalized spacial score (nSPS) is 10.6. The number of benzene rings is 1. The van der Waals surface area contributed by atoms with Crippen molar-refractivity contribution in [2.75, 3.05) is 25.0 Å². The molecule has 0 aliphatic heterocycles. The minimum atomic E-state index is 0.727. The maximum atomic E-state index is 5.76. The molecule has 0 fully saturated rings. The number of ether oxygens (including phenoxy) is 1. The second-order valence-corrected chi connectivity index (χ2v) is 5.97. The Morgan fingerprint density at radius 2 is 2.00 bits per heavy atom. The highest BCUT2D eigenvalue weighted by Crippen LogP contribution is 2.29. The average Bonchev–Trinajstić information content (AvgIpc) is 2.98. The molecule has 1 heterocycles. The summed E-state index contributed by atoms with van der Waals surface area (Å²) in [4.78, 5) is 4.64. The van der Waals surface area contributed by atoms with Gasteiger partial charge in [0.15, 0.2) is 5.13 Å². The van der Waals surface area contributed by atoms with Crippen molar-refractivity contribution in [1.82, 2.24) is 10.3 Å². The summed E-state index contributed by atoms with van der Waals surface area (Å²) in [6.45, 7) is 7.06. The molecule has 1 aromatic carbocycles. The summed E-state index contributed by atoms with van der Waals surface area (Å²) in [5.41, 5.74) is 2.10. The van der Waals surface area contributed by atoms with Crippen molar-refractivity contribution in [2.45, 2.75) is 33.1 Å². The molecule has 0 unspecified atom stereocenters. The van der Waals surface area contributed by atoms with E-state index >= 15 is 0 Å². The molecule has 5 heteroatoms. The predicted molar refractivity (Wildman–Crippen MR) is 94.5 cm³/mol. The Labute approximate surface area is 136 Å². The van der Waals surface area contributed by atoms with Gasteiger partial charge >= 0.3 is 0 Å². The minimum absolute atomic E-state index is 0.727. The number of hydrogen-bond donors (Lipinski definition) is 2. The number of anilines is 2. The van der Waals surface area contributed by atoms with E-state index in [2.05, 4.69) is 34.8 Å². The fraction of sp³-hybridized carbons (Fsp3) is 0.471. The molecule has 0 saturated heterocycles. The van der Waals surface area contributed by atoms with Crippen molar-refractivity contribution in [3.8, 4) is 5.75 Å². The number of aromatic nitrogens is 1. The first-order valence-electron chi connectivity index (χ1n) is 7.97. The summed E-state index contributed by atoms with van der Waals surface area (Å²) < 4.78 is 5.76. The lowest BCUT2D eigenvalue weighted by Gasteiger charge is -2.10. The molecule has 2 aromatic rings. The van der Waals surface area contributed by atoms with Crippen molar-refractivity contribution in [1.29, 1.82) is 0 Å². The Kier molecular flexibility index (Phi) is 7.19. The molecule has 0 amide bonds. The molecule has 22 heavy (non-hydrogen) atoms. The molecule has 0 spiro atoms. The van der Waals surface area contributed by atoms with E-state index in [1.807, 2.05) is 24.3 Å². The standard InChI is InChI=1S/C17H25N3OS/c1-3-10-18-11-9-14-13-22-17(19-14)20-15-7-5-6-8-16(15)21-12-4-2/h5-8,13,18H,3-4,9-12H2,1-2H3,(H,19,20). The quantitative estimate of drug-likeness (QED) is 0.644. The van der Waals surface area contributed by atoms with Crippen molar-refractivity contribution in [3.05, 3.63) is 35.3 Å². The van der Waals surface area contributed by atoms with E-state index in [0.717, 1.165) is 54.8 Å². The van der Waals surface area contributed by atoms with E-state index in [9.17, 15) is 0 Å². The van der Waals surface area contributed by atoms with Crippen LogP contribution in [0.2, 0.25) is 0 Å². The third-order valence-electron chi connectivity index (χ3n) is 3.13. The lowest BCUT2D eigenvalue weighted by Crippen LogP contribution is -2.17. The molecular weight excluding hydrogens is 294 g/mol. The van der Waals surface area contributed by atoms with Gasteiger partial charge in [0.1, 0.15) is 5.75 Å². The van der Waals surface area contributed by atoms with Crippen LogP contribution in [-0.4, -0.2) is 24.7 Å². The Morgan fingerprint density at radius 3 is 2.82 bits per heavy atom. The topological polar surface area (TPSA) is 46.2 Å². The molecule has 0 bridgehead atoms. The maximum absolute atomic E-state index is 5.76.